The lowest BCUT2D eigenvalue weighted by Gasteiger charge is -2.11. The van der Waals surface area contributed by atoms with Crippen molar-refractivity contribution in [1.29, 1.82) is 0 Å². The van der Waals surface area contributed by atoms with E-state index >= 15 is 0 Å². The van der Waals surface area contributed by atoms with Crippen LogP contribution in [0.1, 0.15) is 11.1 Å². The normalized spacial score (nSPS) is 11.1. The Labute approximate surface area is 141 Å². The second-order valence-corrected chi connectivity index (χ2v) is 5.82. The SMILES string of the molecule is CN(C)c1ccc(C=NNC(=O)Cc2c[nH]c3ccccc23)cc1. The number of para-hydroxylation sites is 1. The van der Waals surface area contributed by atoms with Crippen molar-refractivity contribution < 1.29 is 4.79 Å². The predicted octanol–water partition coefficient (Wildman–Crippen LogP) is 2.93. The largest absolute Gasteiger partial charge is 0.378 e. The molecule has 3 aromatic rings. The summed E-state index contributed by atoms with van der Waals surface area (Å²) in [4.78, 5) is 17.2. The van der Waals surface area contributed by atoms with Crippen LogP contribution in [0.15, 0.2) is 59.8 Å². The Bertz CT molecular complexity index is 862. The number of benzene rings is 2. The van der Waals surface area contributed by atoms with Crippen LogP contribution in [0.3, 0.4) is 0 Å². The number of anilines is 1. The van der Waals surface area contributed by atoms with Gasteiger partial charge in [-0.15, -0.1) is 0 Å². The van der Waals surface area contributed by atoms with Gasteiger partial charge < -0.3 is 9.88 Å². The second kappa shape index (κ2) is 7.00. The molecule has 0 aliphatic heterocycles. The fourth-order valence-corrected chi connectivity index (χ4v) is 2.53. The summed E-state index contributed by atoms with van der Waals surface area (Å²) >= 11 is 0. The molecule has 1 heterocycles. The molecule has 2 N–H and O–H groups in total. The van der Waals surface area contributed by atoms with Gasteiger partial charge in [-0.2, -0.15) is 5.10 Å². The summed E-state index contributed by atoms with van der Waals surface area (Å²) in [6.45, 7) is 0. The summed E-state index contributed by atoms with van der Waals surface area (Å²) < 4.78 is 0. The molecule has 0 bridgehead atoms. The molecule has 5 heteroatoms. The van der Waals surface area contributed by atoms with Gasteiger partial charge in [0, 0.05) is 36.9 Å². The Morgan fingerprint density at radius 1 is 1.17 bits per heavy atom. The van der Waals surface area contributed by atoms with Gasteiger partial charge in [0.15, 0.2) is 0 Å². The van der Waals surface area contributed by atoms with E-state index in [1.165, 1.54) is 0 Å². The Kier molecular flexibility index (Phi) is 4.61. The number of amides is 1. The summed E-state index contributed by atoms with van der Waals surface area (Å²) in [6.07, 6.45) is 3.81. The second-order valence-electron chi connectivity index (χ2n) is 5.82. The number of nitrogens with zero attached hydrogens (tertiary/aromatic N) is 2. The third-order valence-electron chi connectivity index (χ3n) is 3.84. The monoisotopic (exact) mass is 320 g/mol. The number of H-pyrrole nitrogens is 1. The molecular weight excluding hydrogens is 300 g/mol. The Hall–Kier alpha value is -3.08. The number of aromatic amines is 1. The van der Waals surface area contributed by atoms with Crippen molar-refractivity contribution in [2.45, 2.75) is 6.42 Å². The summed E-state index contributed by atoms with van der Waals surface area (Å²) in [5, 5.41) is 5.09. The highest BCUT2D eigenvalue weighted by Gasteiger charge is 2.07. The van der Waals surface area contributed by atoms with E-state index in [2.05, 4.69) is 15.5 Å². The molecule has 0 atom stereocenters. The van der Waals surface area contributed by atoms with Gasteiger partial charge in [0.2, 0.25) is 5.91 Å². The molecule has 0 fully saturated rings. The maximum Gasteiger partial charge on any atom is 0.244 e. The van der Waals surface area contributed by atoms with Crippen LogP contribution in [0.25, 0.3) is 10.9 Å². The minimum absolute atomic E-state index is 0.138. The molecule has 1 aromatic heterocycles. The first kappa shape index (κ1) is 15.8. The minimum Gasteiger partial charge on any atom is -0.378 e. The smallest absolute Gasteiger partial charge is 0.244 e. The van der Waals surface area contributed by atoms with E-state index in [1.54, 1.807) is 6.21 Å². The van der Waals surface area contributed by atoms with Gasteiger partial charge in [0.1, 0.15) is 0 Å². The van der Waals surface area contributed by atoms with Gasteiger partial charge in [-0.1, -0.05) is 30.3 Å². The molecule has 0 aliphatic rings. The molecule has 24 heavy (non-hydrogen) atoms. The molecule has 122 valence electrons. The van der Waals surface area contributed by atoms with Crippen molar-refractivity contribution in [2.24, 2.45) is 5.10 Å². The van der Waals surface area contributed by atoms with Crippen molar-refractivity contribution in [3.63, 3.8) is 0 Å². The lowest BCUT2D eigenvalue weighted by atomic mass is 10.1. The van der Waals surface area contributed by atoms with Crippen molar-refractivity contribution in [3.05, 3.63) is 65.9 Å². The third-order valence-corrected chi connectivity index (χ3v) is 3.84. The third kappa shape index (κ3) is 3.63. The quantitative estimate of drug-likeness (QED) is 0.561. The molecule has 1 amide bonds. The topological polar surface area (TPSA) is 60.5 Å². The summed E-state index contributed by atoms with van der Waals surface area (Å²) in [6, 6.07) is 15.9. The molecular formula is C19H20N4O. The van der Waals surface area contributed by atoms with Crippen LogP contribution in [-0.4, -0.2) is 31.2 Å². The molecule has 0 spiro atoms. The Balaban J connectivity index is 1.59. The first-order chi connectivity index (χ1) is 11.6. The minimum atomic E-state index is -0.138. The Morgan fingerprint density at radius 2 is 1.92 bits per heavy atom. The van der Waals surface area contributed by atoms with E-state index in [-0.39, 0.29) is 5.91 Å². The molecule has 3 rings (SSSR count). The van der Waals surface area contributed by atoms with Crippen LogP contribution in [-0.2, 0) is 11.2 Å². The molecule has 0 unspecified atom stereocenters. The fourth-order valence-electron chi connectivity index (χ4n) is 2.53. The lowest BCUT2D eigenvalue weighted by molar-refractivity contribution is -0.120. The number of hydrogen-bond acceptors (Lipinski definition) is 3. The number of hydrogen-bond donors (Lipinski definition) is 2. The molecule has 2 aromatic carbocycles. The number of carbonyl (C=O) groups excluding carboxylic acids is 1. The average molecular weight is 320 g/mol. The standard InChI is InChI=1S/C19H20N4O/c1-23(2)16-9-7-14(8-10-16)12-21-22-19(24)11-15-13-20-18-6-4-3-5-17(15)18/h3-10,12-13,20H,11H2,1-2H3,(H,22,24). The van der Waals surface area contributed by atoms with Crippen molar-refractivity contribution in [3.8, 4) is 0 Å². The van der Waals surface area contributed by atoms with Gasteiger partial charge in [-0.25, -0.2) is 5.43 Å². The van der Waals surface area contributed by atoms with Crippen molar-refractivity contribution >= 4 is 28.7 Å². The molecule has 0 radical (unpaired) electrons. The Morgan fingerprint density at radius 3 is 2.67 bits per heavy atom. The zero-order valence-electron chi connectivity index (χ0n) is 13.8. The highest BCUT2D eigenvalue weighted by Crippen LogP contribution is 2.17. The number of fused-ring (bicyclic) bond motifs is 1. The van der Waals surface area contributed by atoms with Crippen LogP contribution < -0.4 is 10.3 Å². The fraction of sp³-hybridized carbons (Fsp3) is 0.158. The zero-order valence-corrected chi connectivity index (χ0v) is 13.8. The van der Waals surface area contributed by atoms with Crippen LogP contribution in [0.4, 0.5) is 5.69 Å². The van der Waals surface area contributed by atoms with Crippen molar-refractivity contribution in [2.75, 3.05) is 19.0 Å². The van der Waals surface area contributed by atoms with Crippen molar-refractivity contribution in [1.82, 2.24) is 10.4 Å². The van der Waals surface area contributed by atoms with E-state index in [9.17, 15) is 4.79 Å². The maximum atomic E-state index is 12.0. The predicted molar refractivity (Wildman–Crippen MR) is 98.5 cm³/mol. The molecule has 0 saturated carbocycles. The zero-order chi connectivity index (χ0) is 16.9. The number of aromatic nitrogens is 1. The van der Waals surface area contributed by atoms with E-state index in [0.717, 1.165) is 27.7 Å². The first-order valence-corrected chi connectivity index (χ1v) is 7.78. The van der Waals surface area contributed by atoms with Crippen LogP contribution in [0, 0.1) is 0 Å². The van der Waals surface area contributed by atoms with E-state index in [0.29, 0.717) is 6.42 Å². The van der Waals surface area contributed by atoms with Gasteiger partial charge in [-0.3, -0.25) is 4.79 Å². The van der Waals surface area contributed by atoms with Crippen LogP contribution in [0.2, 0.25) is 0 Å². The summed E-state index contributed by atoms with van der Waals surface area (Å²) in [5.74, 6) is -0.138. The van der Waals surface area contributed by atoms with Gasteiger partial charge in [0.25, 0.3) is 0 Å². The van der Waals surface area contributed by atoms with E-state index < -0.39 is 0 Å². The number of nitrogens with one attached hydrogen (secondary N) is 2. The average Bonchev–Trinajstić information content (AvgIpc) is 2.98. The lowest BCUT2D eigenvalue weighted by Crippen LogP contribution is -2.19. The first-order valence-electron chi connectivity index (χ1n) is 7.78. The highest BCUT2D eigenvalue weighted by atomic mass is 16.2. The number of rotatable bonds is 5. The van der Waals surface area contributed by atoms with Gasteiger partial charge in [-0.05, 0) is 29.3 Å². The maximum absolute atomic E-state index is 12.0. The van der Waals surface area contributed by atoms with Crippen LogP contribution >= 0.6 is 0 Å². The summed E-state index contributed by atoms with van der Waals surface area (Å²) in [5.41, 5.74) is 6.64. The van der Waals surface area contributed by atoms with Gasteiger partial charge >= 0.3 is 0 Å². The highest BCUT2D eigenvalue weighted by molar-refractivity contribution is 5.89. The molecule has 0 aliphatic carbocycles. The molecule has 0 saturated heterocycles. The van der Waals surface area contributed by atoms with Crippen LogP contribution in [0.5, 0.6) is 0 Å². The van der Waals surface area contributed by atoms with E-state index in [1.807, 2.05) is 73.7 Å². The van der Waals surface area contributed by atoms with Gasteiger partial charge in [0.05, 0.1) is 12.6 Å². The number of hydrazone groups is 1. The number of carbonyl (C=O) groups is 1. The van der Waals surface area contributed by atoms with E-state index in [4.69, 9.17) is 0 Å². The molecule has 5 nitrogen and oxygen atoms in total. The summed E-state index contributed by atoms with van der Waals surface area (Å²) in [7, 11) is 3.99.